The number of hydrogen-bond donors (Lipinski definition) is 2. The van der Waals surface area contributed by atoms with Gasteiger partial charge in [-0.3, -0.25) is 4.57 Å². The molecule has 132 valence electrons. The van der Waals surface area contributed by atoms with Gasteiger partial charge < -0.3 is 16.0 Å². The van der Waals surface area contributed by atoms with Gasteiger partial charge in [-0.2, -0.15) is 0 Å². The number of nitrogens with two attached hydrogens (primary N) is 1. The second-order valence-corrected chi connectivity index (χ2v) is 6.06. The maximum atomic E-state index is 13.9. The summed E-state index contributed by atoms with van der Waals surface area (Å²) in [7, 11) is 0. The van der Waals surface area contributed by atoms with Crippen molar-refractivity contribution in [3.8, 4) is 0 Å². The molecule has 1 amide bonds. The third kappa shape index (κ3) is 2.93. The smallest absolute Gasteiger partial charge is 0.329 e. The van der Waals surface area contributed by atoms with Crippen molar-refractivity contribution in [2.45, 2.75) is 18.5 Å². The van der Waals surface area contributed by atoms with Crippen LogP contribution in [0.2, 0.25) is 0 Å². The van der Waals surface area contributed by atoms with E-state index in [1.165, 1.54) is 17.0 Å². The first-order valence-electron chi connectivity index (χ1n) is 7.78. The molecule has 0 saturated carbocycles. The van der Waals surface area contributed by atoms with E-state index < -0.39 is 5.66 Å². The summed E-state index contributed by atoms with van der Waals surface area (Å²) in [5.41, 5.74) is 6.38. The van der Waals surface area contributed by atoms with Crippen LogP contribution in [0.5, 0.6) is 0 Å². The molecule has 0 atom stereocenters. The van der Waals surface area contributed by atoms with Gasteiger partial charge in [0.05, 0.1) is 5.56 Å². The van der Waals surface area contributed by atoms with Crippen LogP contribution in [0, 0.1) is 5.82 Å². The molecule has 3 N–H and O–H groups in total. The van der Waals surface area contributed by atoms with Gasteiger partial charge in [-0.15, -0.1) is 12.4 Å². The zero-order valence-corrected chi connectivity index (χ0v) is 14.2. The largest absolute Gasteiger partial charge is 0.383 e. The number of carbonyl (C=O) groups excluding carboxylic acids is 1. The molecule has 0 bridgehead atoms. The van der Waals surface area contributed by atoms with Crippen molar-refractivity contribution < 1.29 is 9.18 Å². The van der Waals surface area contributed by atoms with Crippen LogP contribution in [0.25, 0.3) is 0 Å². The number of likely N-dealkylation sites (tertiary alicyclic amines) is 1. The van der Waals surface area contributed by atoms with Crippen molar-refractivity contribution in [2.75, 3.05) is 18.4 Å². The van der Waals surface area contributed by atoms with Gasteiger partial charge >= 0.3 is 6.03 Å². The van der Waals surface area contributed by atoms with Crippen molar-refractivity contribution in [1.82, 2.24) is 14.5 Å². The fraction of sp³-hybridized carbons (Fsp3) is 0.312. The molecule has 2 aromatic rings. The molecule has 25 heavy (non-hydrogen) atoms. The molecular weight excluding hydrogens is 347 g/mol. The van der Waals surface area contributed by atoms with Crippen LogP contribution in [0.3, 0.4) is 0 Å². The molecule has 2 aliphatic rings. The standard InChI is InChI=1S/C16H17FN6O.ClH/c17-11-2-1-3-12-13(11)14(18)21-16(20-12)4-7-22(8-5-16)15(24)23-9-6-19-10-23;/h1-3,6,9-10,20H,4-5,7-8H2,(H2,18,21);1H. The zero-order valence-electron chi connectivity index (χ0n) is 13.4. The molecule has 4 rings (SSSR count). The Labute approximate surface area is 150 Å². The average Bonchev–Trinajstić information content (AvgIpc) is 3.09. The fourth-order valence-electron chi connectivity index (χ4n) is 3.29. The Bertz CT molecular complexity index is 814. The highest BCUT2D eigenvalue weighted by Gasteiger charge is 2.39. The number of carbonyl (C=O) groups is 1. The van der Waals surface area contributed by atoms with E-state index in [4.69, 9.17) is 5.73 Å². The second kappa shape index (κ2) is 6.36. The molecule has 3 heterocycles. The van der Waals surface area contributed by atoms with Crippen LogP contribution in [0.1, 0.15) is 18.4 Å². The maximum absolute atomic E-state index is 13.9. The van der Waals surface area contributed by atoms with Gasteiger partial charge in [-0.1, -0.05) is 6.07 Å². The molecule has 7 nitrogen and oxygen atoms in total. The Morgan fingerprint density at radius 2 is 2.08 bits per heavy atom. The number of benzene rings is 1. The number of aliphatic imine (C=N–C) groups is 1. The molecule has 9 heteroatoms. The minimum atomic E-state index is -0.587. The third-order valence-electron chi connectivity index (χ3n) is 4.56. The monoisotopic (exact) mass is 364 g/mol. The first-order chi connectivity index (χ1) is 11.6. The number of hydrogen-bond acceptors (Lipinski definition) is 5. The molecule has 2 aliphatic heterocycles. The van der Waals surface area contributed by atoms with Crippen molar-refractivity contribution in [3.05, 3.63) is 48.3 Å². The van der Waals surface area contributed by atoms with Gasteiger partial charge in [-0.05, 0) is 12.1 Å². The van der Waals surface area contributed by atoms with Crippen LogP contribution >= 0.6 is 12.4 Å². The third-order valence-corrected chi connectivity index (χ3v) is 4.56. The zero-order chi connectivity index (χ0) is 16.7. The highest BCUT2D eigenvalue weighted by molar-refractivity contribution is 6.04. The number of nitrogens with one attached hydrogen (secondary N) is 1. The number of imidazole rings is 1. The lowest BCUT2D eigenvalue weighted by atomic mass is 9.94. The summed E-state index contributed by atoms with van der Waals surface area (Å²) in [5, 5.41) is 3.31. The number of piperidine rings is 1. The van der Waals surface area contributed by atoms with Gasteiger partial charge in [0.15, 0.2) is 0 Å². The van der Waals surface area contributed by atoms with E-state index in [9.17, 15) is 9.18 Å². The molecule has 1 aromatic heterocycles. The quantitative estimate of drug-likeness (QED) is 0.748. The Balaban J connectivity index is 0.00000182. The van der Waals surface area contributed by atoms with Crippen molar-refractivity contribution in [2.24, 2.45) is 10.7 Å². The van der Waals surface area contributed by atoms with E-state index >= 15 is 0 Å². The van der Waals surface area contributed by atoms with Gasteiger partial charge in [0.2, 0.25) is 0 Å². The number of amides is 1. The van der Waals surface area contributed by atoms with Gasteiger partial charge in [0.25, 0.3) is 0 Å². The molecule has 0 radical (unpaired) electrons. The number of rotatable bonds is 0. The molecule has 1 fully saturated rings. The summed E-state index contributed by atoms with van der Waals surface area (Å²) >= 11 is 0. The number of halogens is 2. The van der Waals surface area contributed by atoms with E-state index in [1.54, 1.807) is 29.4 Å². The highest BCUT2D eigenvalue weighted by Crippen LogP contribution is 2.35. The Morgan fingerprint density at radius 3 is 2.76 bits per heavy atom. The minimum absolute atomic E-state index is 0. The van der Waals surface area contributed by atoms with E-state index in [1.807, 2.05) is 0 Å². The van der Waals surface area contributed by atoms with Crippen LogP contribution in [-0.4, -0.2) is 45.1 Å². The Hall–Kier alpha value is -2.61. The van der Waals surface area contributed by atoms with Crippen LogP contribution in [-0.2, 0) is 0 Å². The number of anilines is 1. The minimum Gasteiger partial charge on any atom is -0.383 e. The average molecular weight is 365 g/mol. The Morgan fingerprint density at radius 1 is 1.32 bits per heavy atom. The summed E-state index contributed by atoms with van der Waals surface area (Å²) in [6, 6.07) is 4.70. The number of nitrogens with zero attached hydrogens (tertiary/aromatic N) is 4. The van der Waals surface area contributed by atoms with E-state index in [-0.39, 0.29) is 30.1 Å². The van der Waals surface area contributed by atoms with Gasteiger partial charge in [-0.25, -0.2) is 19.2 Å². The van der Waals surface area contributed by atoms with Crippen LogP contribution in [0.15, 0.2) is 41.9 Å². The molecule has 1 spiro atoms. The first-order valence-corrected chi connectivity index (χ1v) is 7.78. The Kier molecular flexibility index (Phi) is 4.38. The summed E-state index contributed by atoms with van der Waals surface area (Å²) < 4.78 is 15.4. The molecule has 0 unspecified atom stereocenters. The van der Waals surface area contributed by atoms with Crippen molar-refractivity contribution in [1.29, 1.82) is 0 Å². The second-order valence-electron chi connectivity index (χ2n) is 6.06. The summed E-state index contributed by atoms with van der Waals surface area (Å²) in [6.45, 7) is 1.07. The molecular formula is C16H18ClFN6O. The molecule has 1 saturated heterocycles. The van der Waals surface area contributed by atoms with Crippen LogP contribution < -0.4 is 11.1 Å². The van der Waals surface area contributed by atoms with E-state index in [0.717, 1.165) is 0 Å². The molecule has 0 aliphatic carbocycles. The van der Waals surface area contributed by atoms with Crippen LogP contribution in [0.4, 0.5) is 14.9 Å². The summed E-state index contributed by atoms with van der Waals surface area (Å²) in [5.74, 6) is -0.181. The lowest BCUT2D eigenvalue weighted by molar-refractivity contribution is 0.168. The highest BCUT2D eigenvalue weighted by atomic mass is 35.5. The lowest BCUT2D eigenvalue weighted by Gasteiger charge is -2.42. The fourth-order valence-corrected chi connectivity index (χ4v) is 3.29. The van der Waals surface area contributed by atoms with E-state index in [0.29, 0.717) is 37.2 Å². The topological polar surface area (TPSA) is 88.5 Å². The first kappa shape index (κ1) is 17.2. The summed E-state index contributed by atoms with van der Waals surface area (Å²) in [4.78, 5) is 22.5. The predicted molar refractivity (Wildman–Crippen MR) is 94.6 cm³/mol. The van der Waals surface area contributed by atoms with Gasteiger partial charge in [0, 0.05) is 44.0 Å². The SMILES string of the molecule is Cl.NC1=NC2(CCN(C(=O)n3ccnc3)CC2)Nc2cccc(F)c21. The lowest BCUT2D eigenvalue weighted by Crippen LogP contribution is -2.52. The predicted octanol–water partition coefficient (Wildman–Crippen LogP) is 2.04. The molecule has 1 aromatic carbocycles. The summed E-state index contributed by atoms with van der Waals surface area (Å²) in [6.07, 6.45) is 5.89. The normalized spacial score (nSPS) is 18.0. The number of fused-ring (bicyclic) bond motifs is 1. The van der Waals surface area contributed by atoms with Gasteiger partial charge in [0.1, 0.15) is 23.6 Å². The van der Waals surface area contributed by atoms with E-state index in [2.05, 4.69) is 15.3 Å². The van der Waals surface area contributed by atoms with Crippen molar-refractivity contribution >= 4 is 30.0 Å². The number of amidine groups is 1. The number of aromatic nitrogens is 2. The maximum Gasteiger partial charge on any atom is 0.329 e. The van der Waals surface area contributed by atoms with Crippen molar-refractivity contribution in [3.63, 3.8) is 0 Å².